The van der Waals surface area contributed by atoms with E-state index in [1.807, 2.05) is 6.92 Å². The molecule has 1 heterocycles. The van der Waals surface area contributed by atoms with E-state index in [-0.39, 0.29) is 6.03 Å². The molecule has 14 heavy (non-hydrogen) atoms. The van der Waals surface area contributed by atoms with Crippen molar-refractivity contribution >= 4 is 12.1 Å². The molecule has 1 aliphatic heterocycles. The maximum absolute atomic E-state index is 11.7. The summed E-state index contributed by atoms with van der Waals surface area (Å²) >= 11 is 0. The lowest BCUT2D eigenvalue weighted by Crippen LogP contribution is -2.41. The average molecular weight is 197 g/mol. The van der Waals surface area contributed by atoms with Crippen LogP contribution in [0.1, 0.15) is 32.6 Å². The van der Waals surface area contributed by atoms with Crippen LogP contribution in [-0.4, -0.2) is 41.2 Å². The normalized spacial score (nSPS) is 16.2. The zero-order valence-corrected chi connectivity index (χ0v) is 8.66. The van der Waals surface area contributed by atoms with Crippen LogP contribution in [0.3, 0.4) is 0 Å². The van der Waals surface area contributed by atoms with Gasteiger partial charge in [0.2, 0.25) is 0 Å². The van der Waals surface area contributed by atoms with Gasteiger partial charge in [-0.15, -0.1) is 4.58 Å². The lowest BCUT2D eigenvalue weighted by Gasteiger charge is -2.19. The van der Waals surface area contributed by atoms with Crippen molar-refractivity contribution in [2.24, 2.45) is 0 Å². The highest BCUT2D eigenvalue weighted by Gasteiger charge is 2.27. The quantitative estimate of drug-likeness (QED) is 0.381. The number of isocyanates is 1. The van der Waals surface area contributed by atoms with E-state index in [1.165, 1.54) is 6.42 Å². The van der Waals surface area contributed by atoms with Gasteiger partial charge in [-0.3, -0.25) is 0 Å². The predicted octanol–water partition coefficient (Wildman–Crippen LogP) is 1.35. The van der Waals surface area contributed by atoms with Crippen LogP contribution in [0.4, 0.5) is 4.79 Å². The molecule has 0 atom stereocenters. The smallest absolute Gasteiger partial charge is 0.225 e. The second-order valence-corrected chi connectivity index (χ2v) is 3.57. The highest BCUT2D eigenvalue weighted by atomic mass is 16.2. The van der Waals surface area contributed by atoms with Crippen molar-refractivity contribution in [1.29, 1.82) is 0 Å². The van der Waals surface area contributed by atoms with E-state index in [0.717, 1.165) is 36.9 Å². The highest BCUT2D eigenvalue weighted by Crippen LogP contribution is 2.09. The van der Waals surface area contributed by atoms with E-state index >= 15 is 0 Å². The van der Waals surface area contributed by atoms with Crippen molar-refractivity contribution in [3.63, 3.8) is 0 Å². The molecule has 0 N–H and O–H groups in total. The molecule has 0 radical (unpaired) electrons. The van der Waals surface area contributed by atoms with Gasteiger partial charge in [0, 0.05) is 0 Å². The Morgan fingerprint density at radius 3 is 2.50 bits per heavy atom. The number of hydrogen-bond acceptors (Lipinski definition) is 2. The summed E-state index contributed by atoms with van der Waals surface area (Å²) in [5.41, 5.74) is 0. The predicted molar refractivity (Wildman–Crippen MR) is 51.9 cm³/mol. The number of amides is 2. The van der Waals surface area contributed by atoms with Gasteiger partial charge in [0.05, 0.1) is 13.1 Å². The lowest BCUT2D eigenvalue weighted by molar-refractivity contribution is -0.434. The molecule has 1 rings (SSSR count). The van der Waals surface area contributed by atoms with Gasteiger partial charge in [0.25, 0.3) is 0 Å². The minimum atomic E-state index is -0.179. The number of urea groups is 1. The standard InChI is InChI=1S/C10H17N2O2/c1-2-6-12(9-13)10(14)11-7-4-3-5-8-11/h2-8H2,1H3/q+1. The van der Waals surface area contributed by atoms with Gasteiger partial charge in [0.1, 0.15) is 6.54 Å². The Bertz CT molecular complexity index is 251. The van der Waals surface area contributed by atoms with E-state index in [2.05, 4.69) is 0 Å². The van der Waals surface area contributed by atoms with E-state index < -0.39 is 0 Å². The van der Waals surface area contributed by atoms with Crippen LogP contribution in [-0.2, 0) is 4.79 Å². The van der Waals surface area contributed by atoms with Crippen molar-refractivity contribution in [2.75, 3.05) is 19.6 Å². The van der Waals surface area contributed by atoms with Crippen molar-refractivity contribution in [3.8, 4) is 0 Å². The summed E-state index contributed by atoms with van der Waals surface area (Å²) in [5.74, 6) is 0. The van der Waals surface area contributed by atoms with Gasteiger partial charge in [-0.1, -0.05) is 6.92 Å². The molecule has 1 aliphatic rings. The van der Waals surface area contributed by atoms with Crippen LogP contribution in [0, 0.1) is 0 Å². The van der Waals surface area contributed by atoms with Crippen molar-refractivity contribution in [1.82, 2.24) is 4.90 Å². The maximum Gasteiger partial charge on any atom is 0.503 e. The Labute approximate surface area is 84.2 Å². The molecule has 0 aromatic carbocycles. The molecule has 0 aromatic heterocycles. The first kappa shape index (κ1) is 10.9. The number of nitrogens with zero attached hydrogens (tertiary/aromatic N) is 2. The van der Waals surface area contributed by atoms with Gasteiger partial charge < -0.3 is 0 Å². The third kappa shape index (κ3) is 2.67. The molecule has 0 bridgehead atoms. The molecule has 1 fully saturated rings. The first-order valence-electron chi connectivity index (χ1n) is 5.23. The third-order valence-corrected chi connectivity index (χ3v) is 2.41. The SMILES string of the molecule is CCC[N+](=C=O)C(=O)N1CCCCC1. The lowest BCUT2D eigenvalue weighted by atomic mass is 10.1. The van der Waals surface area contributed by atoms with Gasteiger partial charge >= 0.3 is 12.1 Å². The molecule has 0 unspecified atom stereocenters. The fourth-order valence-corrected chi connectivity index (χ4v) is 1.66. The van der Waals surface area contributed by atoms with E-state index in [1.54, 1.807) is 11.0 Å². The average Bonchev–Trinajstić information content (AvgIpc) is 2.26. The zero-order valence-electron chi connectivity index (χ0n) is 8.66. The van der Waals surface area contributed by atoms with Crippen LogP contribution in [0.15, 0.2) is 0 Å². The molecule has 4 heteroatoms. The molecule has 2 amide bonds. The number of rotatable bonds is 2. The fourth-order valence-electron chi connectivity index (χ4n) is 1.66. The summed E-state index contributed by atoms with van der Waals surface area (Å²) in [4.78, 5) is 24.0. The first-order chi connectivity index (χ1) is 6.79. The van der Waals surface area contributed by atoms with Crippen molar-refractivity contribution in [2.45, 2.75) is 32.6 Å². The number of carbonyl (C=O) groups excluding carboxylic acids is 2. The van der Waals surface area contributed by atoms with Crippen molar-refractivity contribution in [3.05, 3.63) is 0 Å². The number of piperidine rings is 1. The van der Waals surface area contributed by atoms with Crippen molar-refractivity contribution < 1.29 is 14.2 Å². The number of carbonyl (C=O) groups is 1. The number of hydrogen-bond donors (Lipinski definition) is 0. The van der Waals surface area contributed by atoms with Crippen LogP contribution in [0.5, 0.6) is 0 Å². The van der Waals surface area contributed by atoms with Crippen LogP contribution in [0.25, 0.3) is 0 Å². The van der Waals surface area contributed by atoms with E-state index in [4.69, 9.17) is 0 Å². The van der Waals surface area contributed by atoms with Gasteiger partial charge in [-0.05, 0) is 25.7 Å². The Hall–Kier alpha value is -1.15. The van der Waals surface area contributed by atoms with Gasteiger partial charge in [-0.2, -0.15) is 9.59 Å². The molecular formula is C10H17N2O2+. The van der Waals surface area contributed by atoms with E-state index in [9.17, 15) is 9.59 Å². The minimum absolute atomic E-state index is 0.179. The first-order valence-corrected chi connectivity index (χ1v) is 5.23. The second kappa shape index (κ2) is 5.55. The van der Waals surface area contributed by atoms with Crippen LogP contribution < -0.4 is 0 Å². The third-order valence-electron chi connectivity index (χ3n) is 2.41. The summed E-state index contributed by atoms with van der Waals surface area (Å²) in [6.45, 7) is 3.97. The Kier molecular flexibility index (Phi) is 4.33. The molecule has 78 valence electrons. The van der Waals surface area contributed by atoms with E-state index in [0.29, 0.717) is 6.54 Å². The molecule has 0 saturated carbocycles. The number of likely N-dealkylation sites (tertiary alicyclic amines) is 1. The fraction of sp³-hybridized carbons (Fsp3) is 0.800. The summed E-state index contributed by atoms with van der Waals surface area (Å²) in [6, 6.07) is -0.179. The highest BCUT2D eigenvalue weighted by molar-refractivity contribution is 5.67. The monoisotopic (exact) mass is 197 g/mol. The molecule has 4 nitrogen and oxygen atoms in total. The summed E-state index contributed by atoms with van der Waals surface area (Å²) in [7, 11) is 0. The Morgan fingerprint density at radius 2 is 2.00 bits per heavy atom. The Balaban J connectivity index is 2.57. The minimum Gasteiger partial charge on any atom is -0.225 e. The molecule has 1 saturated heterocycles. The second-order valence-electron chi connectivity index (χ2n) is 3.57. The van der Waals surface area contributed by atoms with Crippen LogP contribution in [0.2, 0.25) is 0 Å². The Morgan fingerprint density at radius 1 is 1.36 bits per heavy atom. The summed E-state index contributed by atoms with van der Waals surface area (Å²) < 4.78 is 1.14. The summed E-state index contributed by atoms with van der Waals surface area (Å²) in [5, 5.41) is 0. The van der Waals surface area contributed by atoms with Crippen LogP contribution >= 0.6 is 0 Å². The largest absolute Gasteiger partial charge is 0.503 e. The molecule has 0 aliphatic carbocycles. The maximum atomic E-state index is 11.7. The van der Waals surface area contributed by atoms with Gasteiger partial charge in [-0.25, -0.2) is 4.90 Å². The molecule has 0 aromatic rings. The molecular weight excluding hydrogens is 180 g/mol. The topological polar surface area (TPSA) is 40.4 Å². The summed E-state index contributed by atoms with van der Waals surface area (Å²) in [6.07, 6.45) is 5.75. The zero-order chi connectivity index (χ0) is 10.4. The molecule has 0 spiro atoms. The van der Waals surface area contributed by atoms with Gasteiger partial charge in [0.15, 0.2) is 0 Å².